The SMILES string of the molecule is COc1c(Br)cc(CNC(C)c2cc(C)oc2C)cc1Br. The zero-order valence-electron chi connectivity index (χ0n) is 12.6. The molecule has 1 heterocycles. The van der Waals surface area contributed by atoms with E-state index in [4.69, 9.17) is 9.15 Å². The molecule has 0 radical (unpaired) electrons. The minimum absolute atomic E-state index is 0.238. The summed E-state index contributed by atoms with van der Waals surface area (Å²) in [6, 6.07) is 6.46. The summed E-state index contributed by atoms with van der Waals surface area (Å²) in [5, 5.41) is 3.52. The highest BCUT2D eigenvalue weighted by molar-refractivity contribution is 9.11. The molecule has 0 fully saturated rings. The standard InChI is InChI=1S/C16H19Br2NO2/c1-9-5-13(11(3)21-9)10(2)19-8-12-6-14(17)16(20-4)15(18)7-12/h5-7,10,19H,8H2,1-4H3. The fraction of sp³-hybridized carbons (Fsp3) is 0.375. The zero-order valence-corrected chi connectivity index (χ0v) is 15.8. The van der Waals surface area contributed by atoms with E-state index in [9.17, 15) is 0 Å². The lowest BCUT2D eigenvalue weighted by molar-refractivity contribution is 0.409. The molecular formula is C16H19Br2NO2. The molecule has 0 spiro atoms. The largest absolute Gasteiger partial charge is 0.494 e. The van der Waals surface area contributed by atoms with Crippen molar-refractivity contribution in [2.45, 2.75) is 33.4 Å². The summed E-state index contributed by atoms with van der Waals surface area (Å²) in [5.41, 5.74) is 2.39. The van der Waals surface area contributed by atoms with E-state index in [1.165, 1.54) is 11.1 Å². The highest BCUT2D eigenvalue weighted by Gasteiger charge is 2.13. The van der Waals surface area contributed by atoms with E-state index in [0.29, 0.717) is 0 Å². The Balaban J connectivity index is 2.08. The molecule has 1 unspecified atom stereocenters. The first-order chi connectivity index (χ1) is 9.92. The molecule has 0 saturated heterocycles. The van der Waals surface area contributed by atoms with Gasteiger partial charge in [0.15, 0.2) is 0 Å². The number of aryl methyl sites for hydroxylation is 2. The summed E-state index contributed by atoms with van der Waals surface area (Å²) >= 11 is 7.05. The fourth-order valence-electron chi connectivity index (χ4n) is 2.37. The van der Waals surface area contributed by atoms with Crippen molar-refractivity contribution in [3.63, 3.8) is 0 Å². The van der Waals surface area contributed by atoms with Crippen molar-refractivity contribution in [2.24, 2.45) is 0 Å². The number of nitrogens with one attached hydrogen (secondary N) is 1. The van der Waals surface area contributed by atoms with Crippen LogP contribution >= 0.6 is 31.9 Å². The summed E-state index contributed by atoms with van der Waals surface area (Å²) in [7, 11) is 1.66. The van der Waals surface area contributed by atoms with Gasteiger partial charge in [0.2, 0.25) is 0 Å². The molecule has 3 nitrogen and oxygen atoms in total. The molecule has 2 aromatic rings. The van der Waals surface area contributed by atoms with Gasteiger partial charge in [0, 0.05) is 18.2 Å². The molecule has 0 aliphatic heterocycles. The van der Waals surface area contributed by atoms with Crippen molar-refractivity contribution in [2.75, 3.05) is 7.11 Å². The average Bonchev–Trinajstić information content (AvgIpc) is 2.75. The predicted molar refractivity (Wildman–Crippen MR) is 91.8 cm³/mol. The number of hydrogen-bond donors (Lipinski definition) is 1. The summed E-state index contributed by atoms with van der Waals surface area (Å²) in [6.07, 6.45) is 0. The maximum Gasteiger partial charge on any atom is 0.147 e. The van der Waals surface area contributed by atoms with Crippen LogP contribution in [0.5, 0.6) is 5.75 Å². The summed E-state index contributed by atoms with van der Waals surface area (Å²) in [6.45, 7) is 6.89. The lowest BCUT2D eigenvalue weighted by Crippen LogP contribution is -2.18. The number of furan rings is 1. The highest BCUT2D eigenvalue weighted by atomic mass is 79.9. The third-order valence-corrected chi connectivity index (χ3v) is 4.60. The molecule has 1 N–H and O–H groups in total. The van der Waals surface area contributed by atoms with Crippen molar-refractivity contribution in [3.05, 3.63) is 49.8 Å². The maximum atomic E-state index is 5.58. The van der Waals surface area contributed by atoms with Crippen molar-refractivity contribution < 1.29 is 9.15 Å². The van der Waals surface area contributed by atoms with E-state index in [1.54, 1.807) is 7.11 Å². The van der Waals surface area contributed by atoms with E-state index in [-0.39, 0.29) is 6.04 Å². The molecule has 0 amide bonds. The normalized spacial score (nSPS) is 12.5. The van der Waals surface area contributed by atoms with E-state index < -0.39 is 0 Å². The maximum absolute atomic E-state index is 5.58. The fourth-order valence-corrected chi connectivity index (χ4v) is 3.98. The summed E-state index contributed by atoms with van der Waals surface area (Å²) < 4.78 is 12.8. The molecule has 1 aromatic heterocycles. The summed E-state index contributed by atoms with van der Waals surface area (Å²) in [5.74, 6) is 2.74. The minimum atomic E-state index is 0.238. The number of rotatable bonds is 5. The molecule has 2 rings (SSSR count). The summed E-state index contributed by atoms with van der Waals surface area (Å²) in [4.78, 5) is 0. The molecule has 0 aliphatic rings. The van der Waals surface area contributed by atoms with Crippen LogP contribution in [0.15, 0.2) is 31.6 Å². The Kier molecular flexibility index (Phi) is 5.52. The Labute approximate surface area is 142 Å². The first-order valence-electron chi connectivity index (χ1n) is 6.74. The van der Waals surface area contributed by atoms with Crippen molar-refractivity contribution >= 4 is 31.9 Å². The Morgan fingerprint density at radius 3 is 2.29 bits per heavy atom. The van der Waals surface area contributed by atoms with E-state index in [0.717, 1.165) is 32.8 Å². The Hall–Kier alpha value is -0.780. The molecule has 21 heavy (non-hydrogen) atoms. The van der Waals surface area contributed by atoms with Crippen LogP contribution in [0.3, 0.4) is 0 Å². The number of methoxy groups -OCH3 is 1. The van der Waals surface area contributed by atoms with Crippen LogP contribution in [-0.4, -0.2) is 7.11 Å². The molecule has 5 heteroatoms. The zero-order chi connectivity index (χ0) is 15.6. The molecule has 0 aliphatic carbocycles. The van der Waals surface area contributed by atoms with E-state index >= 15 is 0 Å². The second-order valence-electron chi connectivity index (χ2n) is 5.06. The van der Waals surface area contributed by atoms with Gasteiger partial charge < -0.3 is 14.5 Å². The lowest BCUT2D eigenvalue weighted by atomic mass is 10.1. The Bertz CT molecular complexity index is 614. The van der Waals surface area contributed by atoms with Crippen LogP contribution in [0.1, 0.15) is 35.6 Å². The van der Waals surface area contributed by atoms with Gasteiger partial charge in [-0.05, 0) is 76.4 Å². The predicted octanol–water partition coefficient (Wildman–Crippen LogP) is 5.28. The van der Waals surface area contributed by atoms with Gasteiger partial charge in [-0.3, -0.25) is 0 Å². The monoisotopic (exact) mass is 415 g/mol. The third-order valence-electron chi connectivity index (χ3n) is 3.42. The number of ether oxygens (including phenoxy) is 1. The molecule has 0 saturated carbocycles. The quantitative estimate of drug-likeness (QED) is 0.719. The highest BCUT2D eigenvalue weighted by Crippen LogP contribution is 2.34. The van der Waals surface area contributed by atoms with Crippen molar-refractivity contribution in [1.29, 1.82) is 0 Å². The second-order valence-corrected chi connectivity index (χ2v) is 6.77. The first kappa shape index (κ1) is 16.6. The first-order valence-corrected chi connectivity index (χ1v) is 8.33. The molecule has 0 bridgehead atoms. The van der Waals surface area contributed by atoms with Gasteiger partial charge in [0.05, 0.1) is 16.1 Å². The van der Waals surface area contributed by atoms with Crippen LogP contribution in [0.4, 0.5) is 0 Å². The van der Waals surface area contributed by atoms with E-state index in [1.807, 2.05) is 13.8 Å². The molecule has 1 aromatic carbocycles. The Morgan fingerprint density at radius 1 is 1.19 bits per heavy atom. The minimum Gasteiger partial charge on any atom is -0.494 e. The van der Waals surface area contributed by atoms with Crippen LogP contribution < -0.4 is 10.1 Å². The lowest BCUT2D eigenvalue weighted by Gasteiger charge is -2.14. The van der Waals surface area contributed by atoms with Crippen molar-refractivity contribution in [1.82, 2.24) is 5.32 Å². The van der Waals surface area contributed by atoms with Gasteiger partial charge in [0.25, 0.3) is 0 Å². The number of benzene rings is 1. The number of halogens is 2. The molecule has 1 atom stereocenters. The van der Waals surface area contributed by atoms with Crippen LogP contribution in [0.25, 0.3) is 0 Å². The van der Waals surface area contributed by atoms with Crippen molar-refractivity contribution in [3.8, 4) is 5.75 Å². The molecular weight excluding hydrogens is 398 g/mol. The second kappa shape index (κ2) is 6.99. The average molecular weight is 417 g/mol. The smallest absolute Gasteiger partial charge is 0.147 e. The molecule has 114 valence electrons. The van der Waals surface area contributed by atoms with Gasteiger partial charge in [-0.15, -0.1) is 0 Å². The van der Waals surface area contributed by atoms with E-state index in [2.05, 4.69) is 62.3 Å². The van der Waals surface area contributed by atoms with Gasteiger partial charge in [0.1, 0.15) is 17.3 Å². The van der Waals surface area contributed by atoms with Crippen LogP contribution in [0.2, 0.25) is 0 Å². The van der Waals surface area contributed by atoms with Crippen LogP contribution in [-0.2, 0) is 6.54 Å². The van der Waals surface area contributed by atoms with Gasteiger partial charge in [-0.25, -0.2) is 0 Å². The third kappa shape index (κ3) is 3.90. The topological polar surface area (TPSA) is 34.4 Å². The Morgan fingerprint density at radius 2 is 1.81 bits per heavy atom. The number of hydrogen-bond acceptors (Lipinski definition) is 3. The van der Waals surface area contributed by atoms with Gasteiger partial charge in [-0.1, -0.05) is 0 Å². The van der Waals surface area contributed by atoms with Gasteiger partial charge >= 0.3 is 0 Å². The van der Waals surface area contributed by atoms with Crippen LogP contribution in [0, 0.1) is 13.8 Å². The van der Waals surface area contributed by atoms with Gasteiger partial charge in [-0.2, -0.15) is 0 Å².